The lowest BCUT2D eigenvalue weighted by Gasteiger charge is -2.02. The quantitative estimate of drug-likeness (QED) is 0.589. The summed E-state index contributed by atoms with van der Waals surface area (Å²) in [5, 5.41) is 14.7. The van der Waals surface area contributed by atoms with Gasteiger partial charge in [0.2, 0.25) is 0 Å². The van der Waals surface area contributed by atoms with E-state index >= 15 is 0 Å². The minimum Gasteiger partial charge on any atom is -0.477 e. The number of carboxylic acids is 1. The fraction of sp³-hybridized carbons (Fsp3) is 0.188. The van der Waals surface area contributed by atoms with Crippen molar-refractivity contribution in [2.75, 3.05) is 14.1 Å². The van der Waals surface area contributed by atoms with E-state index in [0.717, 1.165) is 15.9 Å². The van der Waals surface area contributed by atoms with Crippen LogP contribution in [0.3, 0.4) is 0 Å². The van der Waals surface area contributed by atoms with Crippen LogP contribution in [0.25, 0.3) is 15.9 Å². The van der Waals surface area contributed by atoms with Crippen molar-refractivity contribution in [3.05, 3.63) is 40.8 Å². The number of benzene rings is 1. The van der Waals surface area contributed by atoms with E-state index < -0.39 is 5.97 Å². The van der Waals surface area contributed by atoms with E-state index in [1.165, 1.54) is 11.3 Å². The summed E-state index contributed by atoms with van der Waals surface area (Å²) in [5.41, 5.74) is 1.58. The van der Waals surface area contributed by atoms with Crippen LogP contribution in [0.15, 0.2) is 35.3 Å². The smallest absolute Gasteiger partial charge is 0.346 e. The lowest BCUT2D eigenvalue weighted by atomic mass is 10.2. The van der Waals surface area contributed by atoms with Crippen molar-refractivity contribution in [2.45, 2.75) is 6.92 Å². The van der Waals surface area contributed by atoms with E-state index in [1.807, 2.05) is 49.3 Å². The van der Waals surface area contributed by atoms with Crippen molar-refractivity contribution in [1.29, 1.82) is 0 Å². The molecule has 118 valence electrons. The molecule has 3 aromatic rings. The van der Waals surface area contributed by atoms with Crippen molar-refractivity contribution >= 4 is 39.7 Å². The topological polar surface area (TPSA) is 70.7 Å². The second-order valence-corrected chi connectivity index (χ2v) is 6.32. The Morgan fingerprint density at radius 3 is 2.65 bits per heavy atom. The number of aromatic carboxylic acids is 1. The standard InChI is InChI=1S/C16H16N4O2S/c1-10-12-14(17-9-19(2)3)18-20(11-7-5-4-6-8-11)15(12)23-13(10)16(21)22/h4-9H,1-3H3,(H,21,22). The highest BCUT2D eigenvalue weighted by molar-refractivity contribution is 7.20. The number of aromatic nitrogens is 2. The van der Waals surface area contributed by atoms with Gasteiger partial charge in [0.1, 0.15) is 9.71 Å². The van der Waals surface area contributed by atoms with Crippen molar-refractivity contribution in [3.63, 3.8) is 0 Å². The molecule has 2 heterocycles. The van der Waals surface area contributed by atoms with Crippen LogP contribution < -0.4 is 0 Å². The number of aryl methyl sites for hydroxylation is 1. The molecule has 0 aliphatic carbocycles. The highest BCUT2D eigenvalue weighted by Crippen LogP contribution is 2.38. The maximum absolute atomic E-state index is 11.4. The van der Waals surface area contributed by atoms with Gasteiger partial charge < -0.3 is 10.0 Å². The molecule has 7 heteroatoms. The number of nitrogens with zero attached hydrogens (tertiary/aromatic N) is 4. The number of carboxylic acid groups (broad SMARTS) is 1. The molecular formula is C16H16N4O2S. The Hall–Kier alpha value is -2.67. The number of aliphatic imine (C=N–C) groups is 1. The van der Waals surface area contributed by atoms with E-state index in [1.54, 1.807) is 17.9 Å². The number of para-hydroxylation sites is 1. The molecule has 1 N–H and O–H groups in total. The summed E-state index contributed by atoms with van der Waals surface area (Å²) >= 11 is 1.22. The normalized spacial score (nSPS) is 11.4. The third-order valence-corrected chi connectivity index (χ3v) is 4.60. The van der Waals surface area contributed by atoms with Crippen LogP contribution in [-0.2, 0) is 0 Å². The largest absolute Gasteiger partial charge is 0.477 e. The highest BCUT2D eigenvalue weighted by Gasteiger charge is 2.22. The van der Waals surface area contributed by atoms with Crippen LogP contribution >= 0.6 is 11.3 Å². The molecule has 0 aliphatic heterocycles. The number of hydrogen-bond acceptors (Lipinski definition) is 4. The number of rotatable bonds is 4. The molecule has 0 radical (unpaired) electrons. The molecule has 6 nitrogen and oxygen atoms in total. The van der Waals surface area contributed by atoms with Crippen LogP contribution in [-0.4, -0.2) is 46.2 Å². The molecule has 0 aliphatic rings. The van der Waals surface area contributed by atoms with Crippen LogP contribution in [0.1, 0.15) is 15.2 Å². The molecule has 2 aromatic heterocycles. The van der Waals surface area contributed by atoms with Crippen molar-refractivity contribution < 1.29 is 9.90 Å². The van der Waals surface area contributed by atoms with Gasteiger partial charge in [-0.3, -0.25) is 0 Å². The van der Waals surface area contributed by atoms with Gasteiger partial charge in [0.05, 0.1) is 17.4 Å². The lowest BCUT2D eigenvalue weighted by molar-refractivity contribution is 0.0701. The molecule has 1 aromatic carbocycles. The molecule has 0 atom stereocenters. The summed E-state index contributed by atoms with van der Waals surface area (Å²) in [6.07, 6.45) is 1.66. The molecule has 23 heavy (non-hydrogen) atoms. The van der Waals surface area contributed by atoms with Crippen LogP contribution in [0.2, 0.25) is 0 Å². The first kappa shape index (κ1) is 15.2. The van der Waals surface area contributed by atoms with Gasteiger partial charge in [-0.15, -0.1) is 16.4 Å². The zero-order valence-corrected chi connectivity index (χ0v) is 13.8. The maximum Gasteiger partial charge on any atom is 0.346 e. The van der Waals surface area contributed by atoms with Crippen LogP contribution in [0.5, 0.6) is 0 Å². The molecule has 0 spiro atoms. The summed E-state index contributed by atoms with van der Waals surface area (Å²) in [7, 11) is 3.75. The summed E-state index contributed by atoms with van der Waals surface area (Å²) in [6, 6.07) is 9.63. The van der Waals surface area contributed by atoms with Gasteiger partial charge in [-0.1, -0.05) is 18.2 Å². The van der Waals surface area contributed by atoms with Crippen LogP contribution in [0.4, 0.5) is 5.82 Å². The van der Waals surface area contributed by atoms with E-state index in [-0.39, 0.29) is 0 Å². The highest BCUT2D eigenvalue weighted by atomic mass is 32.1. The van der Waals surface area contributed by atoms with Gasteiger partial charge in [-0.25, -0.2) is 14.5 Å². The average Bonchev–Trinajstić information content (AvgIpc) is 3.04. The zero-order valence-electron chi connectivity index (χ0n) is 13.0. The molecule has 0 saturated carbocycles. The molecular weight excluding hydrogens is 312 g/mol. The van der Waals surface area contributed by atoms with Crippen molar-refractivity contribution in [2.24, 2.45) is 4.99 Å². The van der Waals surface area contributed by atoms with Gasteiger partial charge in [0.15, 0.2) is 5.82 Å². The summed E-state index contributed by atoms with van der Waals surface area (Å²) in [6.45, 7) is 1.80. The van der Waals surface area contributed by atoms with Crippen molar-refractivity contribution in [3.8, 4) is 5.69 Å². The SMILES string of the molecule is Cc1c(C(=O)O)sc2c1c(N=CN(C)C)nn2-c1ccccc1. The summed E-state index contributed by atoms with van der Waals surface area (Å²) in [5.74, 6) is -0.398. The zero-order chi connectivity index (χ0) is 16.6. The predicted octanol–water partition coefficient (Wildman–Crippen LogP) is 3.32. The maximum atomic E-state index is 11.4. The monoisotopic (exact) mass is 328 g/mol. The first-order valence-electron chi connectivity index (χ1n) is 7.00. The average molecular weight is 328 g/mol. The second kappa shape index (κ2) is 5.85. The number of thiophene rings is 1. The first-order valence-corrected chi connectivity index (χ1v) is 7.82. The Balaban J connectivity index is 2.29. The van der Waals surface area contributed by atoms with Crippen LogP contribution in [0, 0.1) is 6.92 Å². The van der Waals surface area contributed by atoms with E-state index in [2.05, 4.69) is 10.1 Å². The molecule has 0 bridgehead atoms. The van der Waals surface area contributed by atoms with Gasteiger partial charge in [0, 0.05) is 14.1 Å². The van der Waals surface area contributed by atoms with Gasteiger partial charge in [-0.2, -0.15) is 0 Å². The number of carbonyl (C=O) groups is 1. The van der Waals surface area contributed by atoms with Gasteiger partial charge in [-0.05, 0) is 24.6 Å². The molecule has 3 rings (SSSR count). The number of fused-ring (bicyclic) bond motifs is 1. The molecule has 0 amide bonds. The summed E-state index contributed by atoms with van der Waals surface area (Å²) < 4.78 is 1.75. The fourth-order valence-electron chi connectivity index (χ4n) is 2.31. The molecule has 0 saturated heterocycles. The second-order valence-electron chi connectivity index (χ2n) is 5.32. The Morgan fingerprint density at radius 2 is 2.04 bits per heavy atom. The van der Waals surface area contributed by atoms with Crippen molar-refractivity contribution in [1.82, 2.24) is 14.7 Å². The van der Waals surface area contributed by atoms with E-state index in [4.69, 9.17) is 0 Å². The minimum atomic E-state index is -0.925. The van der Waals surface area contributed by atoms with E-state index in [9.17, 15) is 9.90 Å². The molecule has 0 unspecified atom stereocenters. The predicted molar refractivity (Wildman–Crippen MR) is 92.5 cm³/mol. The third kappa shape index (κ3) is 2.70. The lowest BCUT2D eigenvalue weighted by Crippen LogP contribution is -2.07. The number of hydrogen-bond donors (Lipinski definition) is 1. The Labute approximate surface area is 137 Å². The Morgan fingerprint density at radius 1 is 1.35 bits per heavy atom. The van der Waals surface area contributed by atoms with E-state index in [0.29, 0.717) is 16.3 Å². The molecule has 0 fully saturated rings. The Kier molecular flexibility index (Phi) is 3.87. The minimum absolute atomic E-state index is 0.323. The Bertz CT molecular complexity index is 894. The third-order valence-electron chi connectivity index (χ3n) is 3.34. The van der Waals surface area contributed by atoms with Gasteiger partial charge >= 0.3 is 5.97 Å². The summed E-state index contributed by atoms with van der Waals surface area (Å²) in [4.78, 5) is 18.8. The first-order chi connectivity index (χ1) is 11.0. The van der Waals surface area contributed by atoms with Gasteiger partial charge in [0.25, 0.3) is 0 Å². The fourth-order valence-corrected chi connectivity index (χ4v) is 3.42.